The Morgan fingerprint density at radius 1 is 1.31 bits per heavy atom. The predicted octanol–water partition coefficient (Wildman–Crippen LogP) is 0.793. The van der Waals surface area contributed by atoms with Crippen molar-refractivity contribution in [3.8, 4) is 11.4 Å². The molecule has 1 aliphatic rings. The van der Waals surface area contributed by atoms with E-state index in [0.717, 1.165) is 30.0 Å². The van der Waals surface area contributed by atoms with E-state index in [1.165, 1.54) is 0 Å². The van der Waals surface area contributed by atoms with E-state index < -0.39 is 0 Å². The molecule has 5 heteroatoms. The van der Waals surface area contributed by atoms with Crippen molar-refractivity contribution in [2.45, 2.75) is 13.0 Å². The van der Waals surface area contributed by atoms with Gasteiger partial charge in [0.2, 0.25) is 0 Å². The topological polar surface area (TPSA) is 55.6 Å². The monoisotopic (exact) mass is 215 g/mol. The molecule has 0 spiro atoms. The SMILES string of the molecule is Cc1ccc(-c2cn(C3CNC3)nn2)nc1. The van der Waals surface area contributed by atoms with Gasteiger partial charge in [-0.2, -0.15) is 0 Å². The third kappa shape index (κ3) is 1.59. The van der Waals surface area contributed by atoms with E-state index in [4.69, 9.17) is 0 Å². The summed E-state index contributed by atoms with van der Waals surface area (Å²) in [7, 11) is 0. The standard InChI is InChI=1S/C11H13N5/c1-8-2-3-10(13-4-8)11-7-16(15-14-11)9-5-12-6-9/h2-4,7,9,12H,5-6H2,1H3. The van der Waals surface area contributed by atoms with Gasteiger partial charge in [0.05, 0.1) is 17.9 Å². The van der Waals surface area contributed by atoms with Crippen molar-refractivity contribution in [2.75, 3.05) is 13.1 Å². The molecule has 0 unspecified atom stereocenters. The van der Waals surface area contributed by atoms with E-state index >= 15 is 0 Å². The lowest BCUT2D eigenvalue weighted by atomic mass is 10.2. The summed E-state index contributed by atoms with van der Waals surface area (Å²) in [5.74, 6) is 0. The molecule has 0 radical (unpaired) electrons. The van der Waals surface area contributed by atoms with Gasteiger partial charge in [-0.05, 0) is 18.6 Å². The number of aromatic nitrogens is 4. The molecule has 2 aromatic heterocycles. The quantitative estimate of drug-likeness (QED) is 0.804. The molecule has 82 valence electrons. The fraction of sp³-hybridized carbons (Fsp3) is 0.364. The predicted molar refractivity (Wildman–Crippen MR) is 59.9 cm³/mol. The number of hydrogen-bond acceptors (Lipinski definition) is 4. The second-order valence-electron chi connectivity index (χ2n) is 4.12. The first-order valence-electron chi connectivity index (χ1n) is 5.38. The van der Waals surface area contributed by atoms with E-state index in [1.807, 2.05) is 36.1 Å². The van der Waals surface area contributed by atoms with Gasteiger partial charge >= 0.3 is 0 Å². The largest absolute Gasteiger partial charge is 0.312 e. The molecule has 3 heterocycles. The Labute approximate surface area is 93.5 Å². The van der Waals surface area contributed by atoms with Gasteiger partial charge in [0.25, 0.3) is 0 Å². The summed E-state index contributed by atoms with van der Waals surface area (Å²) in [4.78, 5) is 4.33. The summed E-state index contributed by atoms with van der Waals surface area (Å²) in [5.41, 5.74) is 2.87. The van der Waals surface area contributed by atoms with Gasteiger partial charge in [-0.25, -0.2) is 4.68 Å². The molecular weight excluding hydrogens is 202 g/mol. The van der Waals surface area contributed by atoms with Gasteiger partial charge in [0, 0.05) is 19.3 Å². The van der Waals surface area contributed by atoms with Gasteiger partial charge in [0.1, 0.15) is 5.69 Å². The zero-order chi connectivity index (χ0) is 11.0. The summed E-state index contributed by atoms with van der Waals surface area (Å²) in [6.45, 7) is 3.97. The molecule has 0 amide bonds. The van der Waals surface area contributed by atoms with Crippen molar-refractivity contribution in [1.29, 1.82) is 0 Å². The Morgan fingerprint density at radius 3 is 2.81 bits per heavy atom. The van der Waals surface area contributed by atoms with Crippen LogP contribution in [0.3, 0.4) is 0 Å². The fourth-order valence-corrected chi connectivity index (χ4v) is 1.65. The highest BCUT2D eigenvalue weighted by atomic mass is 15.5. The molecule has 1 N–H and O–H groups in total. The molecule has 2 aromatic rings. The molecule has 1 aliphatic heterocycles. The highest BCUT2D eigenvalue weighted by Crippen LogP contribution is 2.16. The first kappa shape index (κ1) is 9.47. The van der Waals surface area contributed by atoms with Crippen LogP contribution in [0.1, 0.15) is 11.6 Å². The Kier molecular flexibility index (Phi) is 2.18. The minimum Gasteiger partial charge on any atom is -0.312 e. The van der Waals surface area contributed by atoms with Crippen molar-refractivity contribution >= 4 is 0 Å². The van der Waals surface area contributed by atoms with E-state index in [1.54, 1.807) is 0 Å². The normalized spacial score (nSPS) is 16.1. The molecule has 0 aromatic carbocycles. The number of nitrogens with one attached hydrogen (secondary N) is 1. The van der Waals surface area contributed by atoms with Crippen molar-refractivity contribution in [2.24, 2.45) is 0 Å². The van der Waals surface area contributed by atoms with Gasteiger partial charge < -0.3 is 5.32 Å². The molecule has 0 atom stereocenters. The second kappa shape index (κ2) is 3.68. The van der Waals surface area contributed by atoms with Crippen LogP contribution in [0.5, 0.6) is 0 Å². The second-order valence-corrected chi connectivity index (χ2v) is 4.12. The third-order valence-corrected chi connectivity index (χ3v) is 2.82. The van der Waals surface area contributed by atoms with Crippen LogP contribution in [0, 0.1) is 6.92 Å². The summed E-state index contributed by atoms with van der Waals surface area (Å²) < 4.78 is 1.91. The van der Waals surface area contributed by atoms with Crippen LogP contribution in [0.2, 0.25) is 0 Å². The van der Waals surface area contributed by atoms with E-state index in [9.17, 15) is 0 Å². The van der Waals surface area contributed by atoms with Crippen molar-refractivity contribution < 1.29 is 0 Å². The lowest BCUT2D eigenvalue weighted by Gasteiger charge is -2.26. The van der Waals surface area contributed by atoms with E-state index in [2.05, 4.69) is 20.6 Å². The first-order valence-corrected chi connectivity index (χ1v) is 5.38. The third-order valence-electron chi connectivity index (χ3n) is 2.82. The molecule has 3 rings (SSSR count). The summed E-state index contributed by atoms with van der Waals surface area (Å²) in [6, 6.07) is 4.46. The highest BCUT2D eigenvalue weighted by molar-refractivity contribution is 5.52. The molecule has 0 saturated carbocycles. The van der Waals surface area contributed by atoms with Crippen molar-refractivity contribution in [3.05, 3.63) is 30.1 Å². The highest BCUT2D eigenvalue weighted by Gasteiger charge is 2.20. The lowest BCUT2D eigenvalue weighted by Crippen LogP contribution is -2.43. The van der Waals surface area contributed by atoms with Crippen LogP contribution >= 0.6 is 0 Å². The number of nitrogens with zero attached hydrogens (tertiary/aromatic N) is 4. The minimum absolute atomic E-state index is 0.451. The van der Waals surface area contributed by atoms with Gasteiger partial charge in [0.15, 0.2) is 0 Å². The molecule has 1 fully saturated rings. The zero-order valence-electron chi connectivity index (χ0n) is 9.09. The maximum Gasteiger partial charge on any atom is 0.131 e. The Morgan fingerprint density at radius 2 is 2.19 bits per heavy atom. The number of hydrogen-bond donors (Lipinski definition) is 1. The lowest BCUT2D eigenvalue weighted by molar-refractivity contribution is 0.313. The van der Waals surface area contributed by atoms with Gasteiger partial charge in [-0.3, -0.25) is 4.98 Å². The number of aryl methyl sites for hydroxylation is 1. The minimum atomic E-state index is 0.451. The zero-order valence-corrected chi connectivity index (χ0v) is 9.09. The Bertz CT molecular complexity index is 483. The molecule has 16 heavy (non-hydrogen) atoms. The molecule has 5 nitrogen and oxygen atoms in total. The number of rotatable bonds is 2. The average Bonchev–Trinajstić information content (AvgIpc) is 2.65. The maximum absolute atomic E-state index is 4.33. The molecular formula is C11H13N5. The molecule has 0 bridgehead atoms. The summed E-state index contributed by atoms with van der Waals surface area (Å²) in [5, 5.41) is 11.5. The van der Waals surface area contributed by atoms with Crippen LogP contribution < -0.4 is 5.32 Å². The van der Waals surface area contributed by atoms with Crippen LogP contribution in [0.4, 0.5) is 0 Å². The van der Waals surface area contributed by atoms with Gasteiger partial charge in [-0.1, -0.05) is 11.3 Å². The molecule has 1 saturated heterocycles. The molecule has 0 aliphatic carbocycles. The van der Waals surface area contributed by atoms with Crippen molar-refractivity contribution in [1.82, 2.24) is 25.3 Å². The first-order chi connectivity index (χ1) is 7.83. The van der Waals surface area contributed by atoms with Crippen LogP contribution in [0.25, 0.3) is 11.4 Å². The smallest absolute Gasteiger partial charge is 0.131 e. The van der Waals surface area contributed by atoms with Crippen LogP contribution in [-0.2, 0) is 0 Å². The number of pyridine rings is 1. The summed E-state index contributed by atoms with van der Waals surface area (Å²) >= 11 is 0. The van der Waals surface area contributed by atoms with Crippen LogP contribution in [-0.4, -0.2) is 33.1 Å². The maximum atomic E-state index is 4.33. The Balaban J connectivity index is 1.88. The Hall–Kier alpha value is -1.75. The van der Waals surface area contributed by atoms with Crippen molar-refractivity contribution in [3.63, 3.8) is 0 Å². The fourth-order valence-electron chi connectivity index (χ4n) is 1.65. The van der Waals surface area contributed by atoms with Crippen LogP contribution in [0.15, 0.2) is 24.5 Å². The van der Waals surface area contributed by atoms with E-state index in [-0.39, 0.29) is 0 Å². The van der Waals surface area contributed by atoms with Gasteiger partial charge in [-0.15, -0.1) is 5.10 Å². The summed E-state index contributed by atoms with van der Waals surface area (Å²) in [6.07, 6.45) is 3.81. The van der Waals surface area contributed by atoms with E-state index in [0.29, 0.717) is 6.04 Å². The average molecular weight is 215 g/mol.